The smallest absolute Gasteiger partial charge is 0.346 e. The molecule has 1 aromatic carbocycles. The topological polar surface area (TPSA) is 108 Å². The molecule has 9 heteroatoms. The Morgan fingerprint density at radius 3 is 2.50 bits per heavy atom. The number of likely N-dealkylation sites (tertiary alicyclic amines) is 1. The molecule has 0 bridgehead atoms. The van der Waals surface area contributed by atoms with Crippen LogP contribution in [0.4, 0.5) is 5.69 Å². The van der Waals surface area contributed by atoms with Gasteiger partial charge in [-0.25, -0.2) is 4.79 Å². The van der Waals surface area contributed by atoms with Crippen LogP contribution in [0.15, 0.2) is 12.1 Å². The number of hydrogen-bond donors (Lipinski definition) is 0. The molecule has 0 aromatic heterocycles. The number of nitro benzene ring substituents is 1. The van der Waals surface area contributed by atoms with Crippen molar-refractivity contribution in [1.29, 1.82) is 0 Å². The molecule has 0 spiro atoms. The van der Waals surface area contributed by atoms with E-state index in [9.17, 15) is 19.7 Å². The molecular weight excluding hydrogens is 344 g/mol. The van der Waals surface area contributed by atoms with Gasteiger partial charge in [-0.1, -0.05) is 6.92 Å². The molecule has 1 atom stereocenters. The quantitative estimate of drug-likeness (QED) is 0.457. The summed E-state index contributed by atoms with van der Waals surface area (Å²) in [6, 6.07) is 2.33. The van der Waals surface area contributed by atoms with E-state index in [2.05, 4.69) is 6.92 Å². The van der Waals surface area contributed by atoms with Crippen molar-refractivity contribution in [3.8, 4) is 11.5 Å². The molecule has 0 unspecified atom stereocenters. The molecule has 1 saturated heterocycles. The average molecular weight is 364 g/mol. The average Bonchev–Trinajstić information content (AvgIpc) is 3.08. The molecule has 140 valence electrons. The lowest BCUT2D eigenvalue weighted by atomic mass is 9.99. The van der Waals surface area contributed by atoms with Crippen LogP contribution in [0.1, 0.15) is 37.0 Å². The third kappa shape index (κ3) is 3.56. The fraction of sp³-hybridized carbons (Fsp3) is 0.529. The first kappa shape index (κ1) is 18.0. The Kier molecular flexibility index (Phi) is 4.97. The van der Waals surface area contributed by atoms with Crippen LogP contribution in [0.3, 0.4) is 0 Å². The van der Waals surface area contributed by atoms with Crippen LogP contribution in [0.25, 0.3) is 0 Å². The number of fused-ring (bicyclic) bond motifs is 1. The molecule has 0 N–H and O–H groups in total. The number of hydrogen-bond acceptors (Lipinski definition) is 7. The van der Waals surface area contributed by atoms with Crippen molar-refractivity contribution in [3.05, 3.63) is 27.8 Å². The summed E-state index contributed by atoms with van der Waals surface area (Å²) in [7, 11) is 0. The molecule has 0 radical (unpaired) electrons. The molecule has 26 heavy (non-hydrogen) atoms. The summed E-state index contributed by atoms with van der Waals surface area (Å²) in [5, 5.41) is 11.3. The highest BCUT2D eigenvalue weighted by Crippen LogP contribution is 2.38. The van der Waals surface area contributed by atoms with Crippen LogP contribution in [-0.4, -0.2) is 47.7 Å². The van der Waals surface area contributed by atoms with Gasteiger partial charge in [0.1, 0.15) is 5.56 Å². The minimum absolute atomic E-state index is 0.0761. The van der Waals surface area contributed by atoms with E-state index in [-0.39, 0.29) is 29.8 Å². The van der Waals surface area contributed by atoms with E-state index in [0.717, 1.165) is 18.9 Å². The summed E-state index contributed by atoms with van der Waals surface area (Å²) in [4.78, 5) is 37.1. The first-order valence-electron chi connectivity index (χ1n) is 8.44. The molecule has 9 nitrogen and oxygen atoms in total. The minimum Gasteiger partial charge on any atom is -0.454 e. The Morgan fingerprint density at radius 2 is 1.88 bits per heavy atom. The number of benzene rings is 1. The van der Waals surface area contributed by atoms with Crippen molar-refractivity contribution in [1.82, 2.24) is 4.90 Å². The minimum atomic E-state index is -1.03. The lowest BCUT2D eigenvalue weighted by Gasteiger charge is -2.31. The van der Waals surface area contributed by atoms with E-state index >= 15 is 0 Å². The molecule has 2 heterocycles. The SMILES string of the molecule is CC1CCN(C(=O)[C@@H](C)OC(=O)c2cc3c(cc2[N+](=O)[O-])OCO3)CC1. The maximum atomic E-state index is 12.4. The van der Waals surface area contributed by atoms with E-state index in [1.54, 1.807) is 4.90 Å². The van der Waals surface area contributed by atoms with Crippen LogP contribution >= 0.6 is 0 Å². The normalized spacial score (nSPS) is 17.7. The van der Waals surface area contributed by atoms with E-state index < -0.39 is 22.7 Å². The Balaban J connectivity index is 1.73. The maximum Gasteiger partial charge on any atom is 0.346 e. The largest absolute Gasteiger partial charge is 0.454 e. The second kappa shape index (κ2) is 7.19. The molecule has 1 amide bonds. The van der Waals surface area contributed by atoms with Gasteiger partial charge in [0.05, 0.1) is 11.0 Å². The zero-order valence-electron chi connectivity index (χ0n) is 14.6. The van der Waals surface area contributed by atoms with Crippen molar-refractivity contribution in [3.63, 3.8) is 0 Å². The Morgan fingerprint density at radius 1 is 1.27 bits per heavy atom. The molecular formula is C17H20N2O7. The fourth-order valence-electron chi connectivity index (χ4n) is 3.01. The van der Waals surface area contributed by atoms with Gasteiger partial charge >= 0.3 is 5.97 Å². The summed E-state index contributed by atoms with van der Waals surface area (Å²) >= 11 is 0. The van der Waals surface area contributed by atoms with E-state index in [1.165, 1.54) is 13.0 Å². The number of carbonyl (C=O) groups excluding carboxylic acids is 2. The van der Waals surface area contributed by atoms with Crippen molar-refractivity contribution in [2.24, 2.45) is 5.92 Å². The number of nitrogens with zero attached hydrogens (tertiary/aromatic N) is 2. The predicted molar refractivity (Wildman–Crippen MR) is 89.1 cm³/mol. The second-order valence-electron chi connectivity index (χ2n) is 6.54. The lowest BCUT2D eigenvalue weighted by Crippen LogP contribution is -2.44. The van der Waals surface area contributed by atoms with E-state index in [4.69, 9.17) is 14.2 Å². The van der Waals surface area contributed by atoms with Crippen LogP contribution in [0, 0.1) is 16.0 Å². The zero-order valence-corrected chi connectivity index (χ0v) is 14.6. The number of esters is 1. The third-order valence-electron chi connectivity index (χ3n) is 4.63. The van der Waals surface area contributed by atoms with Gasteiger partial charge in [0.15, 0.2) is 17.6 Å². The van der Waals surface area contributed by atoms with Gasteiger partial charge in [-0.05, 0) is 25.7 Å². The number of rotatable bonds is 4. The molecule has 1 aromatic rings. The summed E-state index contributed by atoms with van der Waals surface area (Å²) in [6.07, 6.45) is 0.779. The highest BCUT2D eigenvalue weighted by molar-refractivity contribution is 5.96. The molecule has 3 rings (SSSR count). The molecule has 2 aliphatic heterocycles. The summed E-state index contributed by atoms with van der Waals surface area (Å²) in [5.74, 6) is -0.255. The van der Waals surface area contributed by atoms with Gasteiger partial charge in [0.2, 0.25) is 6.79 Å². The summed E-state index contributed by atoms with van der Waals surface area (Å²) in [6.45, 7) is 4.76. The van der Waals surface area contributed by atoms with E-state index in [0.29, 0.717) is 19.0 Å². The molecule has 1 fully saturated rings. The highest BCUT2D eigenvalue weighted by Gasteiger charge is 2.32. The second-order valence-corrected chi connectivity index (χ2v) is 6.54. The van der Waals surface area contributed by atoms with Crippen molar-refractivity contribution in [2.45, 2.75) is 32.8 Å². The van der Waals surface area contributed by atoms with Gasteiger partial charge < -0.3 is 19.1 Å². The number of piperidine rings is 1. The van der Waals surface area contributed by atoms with Gasteiger partial charge in [-0.3, -0.25) is 14.9 Å². The number of nitro groups is 1. The number of amides is 1. The standard InChI is InChI=1S/C17H20N2O7/c1-10-3-5-18(6-4-10)16(20)11(2)26-17(21)12-7-14-15(25-9-24-14)8-13(12)19(22)23/h7-8,10-11H,3-6,9H2,1-2H3/t11-/m1/s1. The number of carbonyl (C=O) groups is 2. The molecule has 2 aliphatic rings. The Bertz CT molecular complexity index is 741. The van der Waals surface area contributed by atoms with Crippen molar-refractivity contribution in [2.75, 3.05) is 19.9 Å². The third-order valence-corrected chi connectivity index (χ3v) is 4.63. The molecule has 0 aliphatic carbocycles. The number of ether oxygens (including phenoxy) is 3. The van der Waals surface area contributed by atoms with Gasteiger partial charge in [0.25, 0.3) is 11.6 Å². The van der Waals surface area contributed by atoms with Crippen LogP contribution in [0.2, 0.25) is 0 Å². The van der Waals surface area contributed by atoms with Gasteiger partial charge in [-0.2, -0.15) is 0 Å². The van der Waals surface area contributed by atoms with Crippen LogP contribution in [0.5, 0.6) is 11.5 Å². The fourth-order valence-corrected chi connectivity index (χ4v) is 3.01. The summed E-state index contributed by atoms with van der Waals surface area (Å²) in [5.41, 5.74) is -0.725. The van der Waals surface area contributed by atoms with Crippen molar-refractivity contribution < 1.29 is 28.7 Å². The highest BCUT2D eigenvalue weighted by atomic mass is 16.7. The Labute approximate surface area is 150 Å². The maximum absolute atomic E-state index is 12.4. The zero-order chi connectivity index (χ0) is 18.8. The predicted octanol–water partition coefficient (Wildman–Crippen LogP) is 2.13. The first-order chi connectivity index (χ1) is 12.4. The van der Waals surface area contributed by atoms with Gasteiger partial charge in [0, 0.05) is 19.2 Å². The van der Waals surface area contributed by atoms with Gasteiger partial charge in [-0.15, -0.1) is 0 Å². The summed E-state index contributed by atoms with van der Waals surface area (Å²) < 4.78 is 15.4. The van der Waals surface area contributed by atoms with Crippen molar-refractivity contribution >= 4 is 17.6 Å². The lowest BCUT2D eigenvalue weighted by molar-refractivity contribution is -0.385. The first-order valence-corrected chi connectivity index (χ1v) is 8.44. The van der Waals surface area contributed by atoms with Crippen LogP contribution in [-0.2, 0) is 9.53 Å². The van der Waals surface area contributed by atoms with E-state index in [1.807, 2.05) is 0 Å². The van der Waals surface area contributed by atoms with Crippen LogP contribution < -0.4 is 9.47 Å². The monoisotopic (exact) mass is 364 g/mol. The molecule has 0 saturated carbocycles. The Hall–Kier alpha value is -2.84.